The SMILES string of the molecule is CCC1CCCCN1C(=O)CNc1ccc(C)cc1Br. The van der Waals surface area contributed by atoms with Crippen LogP contribution in [-0.4, -0.2) is 29.9 Å². The Bertz CT molecular complexity index is 476. The number of amides is 1. The second-order valence-corrected chi connectivity index (χ2v) is 6.34. The van der Waals surface area contributed by atoms with Crippen LogP contribution in [0.15, 0.2) is 22.7 Å². The first-order valence-electron chi connectivity index (χ1n) is 7.41. The number of anilines is 1. The van der Waals surface area contributed by atoms with E-state index in [1.54, 1.807) is 0 Å². The van der Waals surface area contributed by atoms with Crippen LogP contribution in [0.5, 0.6) is 0 Å². The standard InChI is InChI=1S/C16H23BrN2O/c1-3-13-6-4-5-9-19(13)16(20)11-18-15-8-7-12(2)10-14(15)17/h7-8,10,13,18H,3-6,9,11H2,1-2H3. The largest absolute Gasteiger partial charge is 0.375 e. The van der Waals surface area contributed by atoms with Crippen LogP contribution < -0.4 is 5.32 Å². The van der Waals surface area contributed by atoms with Gasteiger partial charge in [0.05, 0.1) is 6.54 Å². The van der Waals surface area contributed by atoms with Gasteiger partial charge in [0.2, 0.25) is 5.91 Å². The van der Waals surface area contributed by atoms with Crippen LogP contribution in [-0.2, 0) is 4.79 Å². The molecule has 1 aromatic rings. The number of rotatable bonds is 4. The smallest absolute Gasteiger partial charge is 0.242 e. The molecule has 1 heterocycles. The van der Waals surface area contributed by atoms with E-state index in [4.69, 9.17) is 0 Å². The maximum absolute atomic E-state index is 12.4. The van der Waals surface area contributed by atoms with Gasteiger partial charge >= 0.3 is 0 Å². The average molecular weight is 339 g/mol. The molecule has 2 rings (SSSR count). The Hall–Kier alpha value is -1.03. The van der Waals surface area contributed by atoms with Gasteiger partial charge in [-0.05, 0) is 66.2 Å². The van der Waals surface area contributed by atoms with E-state index in [2.05, 4.69) is 46.1 Å². The quantitative estimate of drug-likeness (QED) is 0.901. The van der Waals surface area contributed by atoms with Crippen LogP contribution in [0.25, 0.3) is 0 Å². The lowest BCUT2D eigenvalue weighted by atomic mass is 10.00. The molecule has 1 aromatic carbocycles. The van der Waals surface area contributed by atoms with Gasteiger partial charge in [0.1, 0.15) is 0 Å². The minimum atomic E-state index is 0.212. The third-order valence-electron chi connectivity index (χ3n) is 3.97. The van der Waals surface area contributed by atoms with Gasteiger partial charge in [-0.1, -0.05) is 13.0 Å². The topological polar surface area (TPSA) is 32.3 Å². The van der Waals surface area contributed by atoms with Crippen LogP contribution in [0, 0.1) is 6.92 Å². The van der Waals surface area contributed by atoms with E-state index in [1.165, 1.54) is 12.0 Å². The summed E-state index contributed by atoms with van der Waals surface area (Å²) in [4.78, 5) is 14.4. The van der Waals surface area contributed by atoms with E-state index in [0.29, 0.717) is 12.6 Å². The summed E-state index contributed by atoms with van der Waals surface area (Å²) in [6.07, 6.45) is 4.59. The van der Waals surface area contributed by atoms with Gasteiger partial charge in [-0.2, -0.15) is 0 Å². The van der Waals surface area contributed by atoms with Gasteiger partial charge in [-0.15, -0.1) is 0 Å². The van der Waals surface area contributed by atoms with Gasteiger partial charge in [0.25, 0.3) is 0 Å². The van der Waals surface area contributed by atoms with Crippen LogP contribution in [0.1, 0.15) is 38.2 Å². The van der Waals surface area contributed by atoms with Crippen molar-refractivity contribution in [3.8, 4) is 0 Å². The number of piperidine rings is 1. The van der Waals surface area contributed by atoms with Crippen LogP contribution in [0.2, 0.25) is 0 Å². The number of carbonyl (C=O) groups excluding carboxylic acids is 1. The summed E-state index contributed by atoms with van der Waals surface area (Å²) in [6.45, 7) is 5.51. The molecule has 0 spiro atoms. The number of hydrogen-bond acceptors (Lipinski definition) is 2. The van der Waals surface area contributed by atoms with E-state index < -0.39 is 0 Å². The monoisotopic (exact) mass is 338 g/mol. The number of likely N-dealkylation sites (tertiary alicyclic amines) is 1. The van der Waals surface area contributed by atoms with Crippen LogP contribution in [0.4, 0.5) is 5.69 Å². The second kappa shape index (κ2) is 7.11. The Morgan fingerprint density at radius 3 is 2.95 bits per heavy atom. The van der Waals surface area contributed by atoms with Crippen molar-refractivity contribution < 1.29 is 4.79 Å². The molecule has 1 saturated heterocycles. The number of halogens is 1. The highest BCUT2D eigenvalue weighted by atomic mass is 79.9. The molecule has 3 nitrogen and oxygen atoms in total. The molecular weight excluding hydrogens is 316 g/mol. The predicted octanol–water partition coefficient (Wildman–Crippen LogP) is 3.96. The van der Waals surface area contributed by atoms with Crippen molar-refractivity contribution in [1.82, 2.24) is 4.90 Å². The average Bonchev–Trinajstić information content (AvgIpc) is 2.46. The van der Waals surface area contributed by atoms with Gasteiger partial charge in [0, 0.05) is 22.7 Å². The van der Waals surface area contributed by atoms with Gasteiger partial charge in [-0.3, -0.25) is 4.79 Å². The summed E-state index contributed by atoms with van der Waals surface area (Å²) in [7, 11) is 0. The first-order valence-corrected chi connectivity index (χ1v) is 8.20. The van der Waals surface area contributed by atoms with Crippen molar-refractivity contribution in [3.05, 3.63) is 28.2 Å². The van der Waals surface area contributed by atoms with Gasteiger partial charge < -0.3 is 10.2 Å². The summed E-state index contributed by atoms with van der Waals surface area (Å²) in [5.74, 6) is 0.212. The molecular formula is C16H23BrN2O. The van der Waals surface area contributed by atoms with E-state index in [-0.39, 0.29) is 5.91 Å². The van der Waals surface area contributed by atoms with E-state index in [1.807, 2.05) is 12.1 Å². The summed E-state index contributed by atoms with van der Waals surface area (Å²) in [6, 6.07) is 6.55. The Labute approximate surface area is 129 Å². The van der Waals surface area contributed by atoms with Gasteiger partial charge in [-0.25, -0.2) is 0 Å². The molecule has 1 aliphatic rings. The molecule has 20 heavy (non-hydrogen) atoms. The van der Waals surface area contributed by atoms with Gasteiger partial charge in [0.15, 0.2) is 0 Å². The Kier molecular flexibility index (Phi) is 5.46. The lowest BCUT2D eigenvalue weighted by Gasteiger charge is -2.35. The Morgan fingerprint density at radius 1 is 1.45 bits per heavy atom. The van der Waals surface area contributed by atoms with Crippen molar-refractivity contribution in [2.75, 3.05) is 18.4 Å². The number of carbonyl (C=O) groups is 1. The first-order chi connectivity index (χ1) is 9.61. The summed E-state index contributed by atoms with van der Waals surface area (Å²) >= 11 is 3.53. The fraction of sp³-hybridized carbons (Fsp3) is 0.562. The predicted molar refractivity (Wildman–Crippen MR) is 87.0 cm³/mol. The van der Waals surface area contributed by atoms with Crippen molar-refractivity contribution in [2.45, 2.75) is 45.6 Å². The zero-order chi connectivity index (χ0) is 14.5. The van der Waals surface area contributed by atoms with Crippen molar-refractivity contribution in [3.63, 3.8) is 0 Å². The number of benzene rings is 1. The highest BCUT2D eigenvalue weighted by Gasteiger charge is 2.24. The summed E-state index contributed by atoms with van der Waals surface area (Å²) < 4.78 is 1.01. The molecule has 1 aliphatic heterocycles. The van der Waals surface area contributed by atoms with Crippen LogP contribution >= 0.6 is 15.9 Å². The molecule has 110 valence electrons. The van der Waals surface area contributed by atoms with E-state index in [0.717, 1.165) is 36.0 Å². The molecule has 0 aliphatic carbocycles. The number of nitrogens with zero attached hydrogens (tertiary/aromatic N) is 1. The minimum absolute atomic E-state index is 0.212. The highest BCUT2D eigenvalue weighted by molar-refractivity contribution is 9.10. The molecule has 1 atom stereocenters. The lowest BCUT2D eigenvalue weighted by molar-refractivity contribution is -0.133. The van der Waals surface area contributed by atoms with Crippen molar-refractivity contribution >= 4 is 27.5 Å². The molecule has 4 heteroatoms. The molecule has 0 bridgehead atoms. The molecule has 0 radical (unpaired) electrons. The third-order valence-corrected chi connectivity index (χ3v) is 4.63. The Balaban J connectivity index is 1.94. The molecule has 0 aromatic heterocycles. The normalized spacial score (nSPS) is 18.9. The number of aryl methyl sites for hydroxylation is 1. The van der Waals surface area contributed by atoms with Crippen molar-refractivity contribution in [2.24, 2.45) is 0 Å². The minimum Gasteiger partial charge on any atom is -0.375 e. The molecule has 0 saturated carbocycles. The zero-order valence-corrected chi connectivity index (χ0v) is 13.9. The Morgan fingerprint density at radius 2 is 2.25 bits per heavy atom. The molecule has 1 N–H and O–H groups in total. The molecule has 1 unspecified atom stereocenters. The first kappa shape index (κ1) is 15.4. The second-order valence-electron chi connectivity index (χ2n) is 5.48. The van der Waals surface area contributed by atoms with E-state index in [9.17, 15) is 4.79 Å². The zero-order valence-electron chi connectivity index (χ0n) is 12.3. The lowest BCUT2D eigenvalue weighted by Crippen LogP contribution is -2.45. The third kappa shape index (κ3) is 3.75. The fourth-order valence-electron chi connectivity index (χ4n) is 2.79. The van der Waals surface area contributed by atoms with Crippen LogP contribution in [0.3, 0.4) is 0 Å². The molecule has 1 fully saturated rings. The molecule has 1 amide bonds. The number of hydrogen-bond donors (Lipinski definition) is 1. The maximum Gasteiger partial charge on any atom is 0.242 e. The fourth-order valence-corrected chi connectivity index (χ4v) is 3.42. The van der Waals surface area contributed by atoms with Crippen molar-refractivity contribution in [1.29, 1.82) is 0 Å². The van der Waals surface area contributed by atoms with E-state index >= 15 is 0 Å². The summed E-state index contributed by atoms with van der Waals surface area (Å²) in [5.41, 5.74) is 2.19. The summed E-state index contributed by atoms with van der Waals surface area (Å²) in [5, 5.41) is 3.24. The number of nitrogens with one attached hydrogen (secondary N) is 1. The highest BCUT2D eigenvalue weighted by Crippen LogP contribution is 2.24. The maximum atomic E-state index is 12.4.